The van der Waals surface area contributed by atoms with Gasteiger partial charge in [0.25, 0.3) is 0 Å². The van der Waals surface area contributed by atoms with Crippen LogP contribution in [0.4, 0.5) is 22.7 Å². The number of quaternary nitrogens is 2. The van der Waals surface area contributed by atoms with Gasteiger partial charge in [0, 0.05) is 68.5 Å². The number of para-hydroxylation sites is 1. The quantitative estimate of drug-likeness (QED) is 0.0733. The first kappa shape index (κ1) is 48.5. The summed E-state index contributed by atoms with van der Waals surface area (Å²) in [6, 6.07) is 63.6. The fourth-order valence-corrected chi connectivity index (χ4v) is 11.0. The number of hydrogen-bond donors (Lipinski definition) is 0. The van der Waals surface area contributed by atoms with Crippen molar-refractivity contribution in [2.45, 2.75) is 111 Å². The van der Waals surface area contributed by atoms with Gasteiger partial charge in [0.05, 0.1) is 5.69 Å². The third kappa shape index (κ3) is 7.82. The van der Waals surface area contributed by atoms with Crippen molar-refractivity contribution >= 4 is 44.6 Å². The Hall–Kier alpha value is -6.10. The first-order chi connectivity index (χ1) is 33.5. The van der Waals surface area contributed by atoms with Gasteiger partial charge in [0.1, 0.15) is 5.82 Å². The molecule has 0 spiro atoms. The number of benzene rings is 7. The zero-order chi connectivity index (χ0) is 49.0. The number of ether oxygens (including phenoxy) is 1. The predicted octanol–water partition coefficient (Wildman–Crippen LogP) is 18.0. The van der Waals surface area contributed by atoms with Gasteiger partial charge in [-0.15, -0.1) is 29.1 Å². The third-order valence-electron chi connectivity index (χ3n) is 15.7. The predicted molar refractivity (Wildman–Crippen MR) is 293 cm³/mol. The molecular formula is C65H65N4OPt-. The summed E-state index contributed by atoms with van der Waals surface area (Å²) in [5, 5.41) is 2.25. The molecule has 2 aliphatic heterocycles. The molecule has 0 aliphatic carbocycles. The van der Waals surface area contributed by atoms with Crippen molar-refractivity contribution in [1.29, 1.82) is 0 Å². The van der Waals surface area contributed by atoms with E-state index in [4.69, 9.17) is 9.72 Å². The fourth-order valence-electron chi connectivity index (χ4n) is 11.0. The number of fused-ring (bicyclic) bond motifs is 7. The minimum absolute atomic E-state index is 0. The molecule has 362 valence electrons. The number of nitrogens with zero attached hydrogens (tertiary/aromatic N) is 4. The smallest absolute Gasteiger partial charge is 0.225 e. The molecule has 0 radical (unpaired) electrons. The van der Waals surface area contributed by atoms with E-state index in [-0.39, 0.29) is 37.3 Å². The van der Waals surface area contributed by atoms with Crippen LogP contribution in [-0.4, -0.2) is 9.55 Å². The minimum Gasteiger partial charge on any atom is -0.509 e. The molecule has 2 aromatic heterocycles. The molecule has 0 N–H and O–H groups in total. The van der Waals surface area contributed by atoms with Crippen LogP contribution in [0, 0.1) is 18.8 Å². The van der Waals surface area contributed by atoms with E-state index in [1.165, 1.54) is 56.0 Å². The van der Waals surface area contributed by atoms with Crippen LogP contribution in [0.25, 0.3) is 49.9 Å². The van der Waals surface area contributed by atoms with Crippen molar-refractivity contribution in [2.75, 3.05) is 0 Å². The van der Waals surface area contributed by atoms with Crippen molar-refractivity contribution in [3.63, 3.8) is 0 Å². The molecule has 1 fully saturated rings. The maximum Gasteiger partial charge on any atom is 0.225 e. The maximum atomic E-state index is 7.12. The van der Waals surface area contributed by atoms with E-state index < -0.39 is 0 Å². The molecule has 0 amide bonds. The molecule has 71 heavy (non-hydrogen) atoms. The summed E-state index contributed by atoms with van der Waals surface area (Å²) >= 11 is 0. The van der Waals surface area contributed by atoms with Crippen LogP contribution in [0.3, 0.4) is 0 Å². The SMILES string of the molecule is CCC(C)(CC)c1ccc2c(c1)[N@@+]1(c3cc(-c4ccccc4)cc(C(C)(C)C)c3)[CH-][N+]21c1[c-]c(Oc2[c-]c3c(cc2)c2ccccc2n3-c2cc(C(C)(C)C)ccn2)cc(-c2ccccc2C(C)C)c1.[Pt]. The Morgan fingerprint density at radius 2 is 1.31 bits per heavy atom. The minimum atomic E-state index is -0.0789. The van der Waals surface area contributed by atoms with Crippen molar-refractivity contribution < 1.29 is 25.8 Å². The van der Waals surface area contributed by atoms with Gasteiger partial charge in [-0.05, 0) is 97.5 Å². The zero-order valence-electron chi connectivity index (χ0n) is 43.1. The van der Waals surface area contributed by atoms with Crippen LogP contribution in [-0.2, 0) is 37.3 Å². The van der Waals surface area contributed by atoms with Crippen LogP contribution in [0.2, 0.25) is 0 Å². The Bertz CT molecular complexity index is 3500. The number of aromatic nitrogens is 2. The Balaban J connectivity index is 0.00000582. The van der Waals surface area contributed by atoms with Crippen LogP contribution in [0.5, 0.6) is 11.5 Å². The van der Waals surface area contributed by atoms with E-state index in [1.807, 2.05) is 6.20 Å². The summed E-state index contributed by atoms with van der Waals surface area (Å²) in [6.07, 6.45) is 4.06. The van der Waals surface area contributed by atoms with E-state index in [0.717, 1.165) is 51.7 Å². The van der Waals surface area contributed by atoms with Gasteiger partial charge in [0.15, 0.2) is 12.4 Å². The Labute approximate surface area is 436 Å². The van der Waals surface area contributed by atoms with Crippen LogP contribution in [0.15, 0.2) is 158 Å². The normalized spacial score (nSPS) is 17.4. The molecule has 4 heterocycles. The van der Waals surface area contributed by atoms with Gasteiger partial charge < -0.3 is 9.30 Å². The first-order valence-electron chi connectivity index (χ1n) is 25.3. The maximum absolute atomic E-state index is 7.12. The summed E-state index contributed by atoms with van der Waals surface area (Å²) in [6.45, 7) is 27.8. The summed E-state index contributed by atoms with van der Waals surface area (Å²) in [4.78, 5) is 4.94. The third-order valence-corrected chi connectivity index (χ3v) is 15.7. The van der Waals surface area contributed by atoms with Crippen molar-refractivity contribution in [3.05, 3.63) is 199 Å². The molecule has 0 bridgehead atoms. The largest absolute Gasteiger partial charge is 0.509 e. The number of rotatable bonds is 11. The first-order valence-corrected chi connectivity index (χ1v) is 25.3. The van der Waals surface area contributed by atoms with Gasteiger partial charge in [-0.1, -0.05) is 179 Å². The topological polar surface area (TPSA) is 27.1 Å². The van der Waals surface area contributed by atoms with Crippen molar-refractivity contribution in [2.24, 2.45) is 0 Å². The molecule has 2 aliphatic rings. The molecule has 0 saturated carbocycles. The van der Waals surface area contributed by atoms with E-state index >= 15 is 0 Å². The molecule has 9 aromatic rings. The molecule has 7 aromatic carbocycles. The molecule has 1 unspecified atom stereocenters. The van der Waals surface area contributed by atoms with Crippen LogP contribution < -0.4 is 13.9 Å². The number of hydrogen-bond acceptors (Lipinski definition) is 2. The molecule has 5 nitrogen and oxygen atoms in total. The Morgan fingerprint density at radius 3 is 2.04 bits per heavy atom. The van der Waals surface area contributed by atoms with Gasteiger partial charge in [-0.2, -0.15) is 10.7 Å². The molecule has 2 atom stereocenters. The standard InChI is InChI=1S/C65H65N4O.Pt/c1-12-65(11,13-2)48-27-30-60-61(38-48)69(50-34-45(44-21-15-14-16-22-44)33-49(37-50)64(8,9)10)42-68(60,69)51-35-46(55-24-18-17-23-54(55)43(3)4)36-53(40-51)70-52-28-29-57-56-25-19-20-26-58(56)67(59(57)41-52)62-39-47(31-32-66-62)63(5,6)7;/h14-39,42-43H,12-13H2,1-11H3;/q-1;/t68?,69-;/m0./s1. The average Bonchev–Trinajstić information content (AvgIpc) is 3.86. The van der Waals surface area contributed by atoms with E-state index in [9.17, 15) is 0 Å². The van der Waals surface area contributed by atoms with Gasteiger partial charge in [-0.25, -0.2) is 9.58 Å². The second kappa shape index (κ2) is 17.6. The van der Waals surface area contributed by atoms with Gasteiger partial charge >= 0.3 is 0 Å². The second-order valence-electron chi connectivity index (χ2n) is 22.4. The molecular weight excluding hydrogens is 1050 g/mol. The average molecular weight is 1110 g/mol. The Morgan fingerprint density at radius 1 is 0.592 bits per heavy atom. The summed E-state index contributed by atoms with van der Waals surface area (Å²) < 4.78 is 10.4. The fraction of sp³-hybridized carbons (Fsp3) is 0.262. The zero-order valence-corrected chi connectivity index (χ0v) is 45.4. The van der Waals surface area contributed by atoms with Crippen LogP contribution in [0.1, 0.15) is 117 Å². The van der Waals surface area contributed by atoms with Gasteiger partial charge in [0.2, 0.25) is 11.4 Å². The summed E-state index contributed by atoms with van der Waals surface area (Å²) in [5.41, 5.74) is 16.7. The molecule has 11 rings (SSSR count). The van der Waals surface area contributed by atoms with Crippen molar-refractivity contribution in [1.82, 2.24) is 18.7 Å². The van der Waals surface area contributed by atoms with E-state index in [1.54, 1.807) is 0 Å². The van der Waals surface area contributed by atoms with E-state index in [2.05, 4.69) is 251 Å². The van der Waals surface area contributed by atoms with E-state index in [0.29, 0.717) is 26.6 Å². The molecule has 6 heteroatoms. The molecule has 1 saturated heterocycles. The van der Waals surface area contributed by atoms with Gasteiger partial charge in [-0.3, -0.25) is 0 Å². The second-order valence-corrected chi connectivity index (χ2v) is 22.4. The van der Waals surface area contributed by atoms with Crippen LogP contribution >= 0.6 is 0 Å². The van der Waals surface area contributed by atoms with Crippen molar-refractivity contribution in [3.8, 4) is 39.6 Å². The monoisotopic (exact) mass is 1110 g/mol. The summed E-state index contributed by atoms with van der Waals surface area (Å²) in [7, 11) is 0. The Kier molecular flexibility index (Phi) is 12.0. The summed E-state index contributed by atoms with van der Waals surface area (Å²) in [5.74, 6) is 2.44. The number of pyridine rings is 1.